The van der Waals surface area contributed by atoms with Crippen molar-refractivity contribution >= 4 is 19.7 Å². The minimum atomic E-state index is -4.73. The van der Waals surface area contributed by atoms with E-state index in [0.717, 1.165) is 0 Å². The van der Waals surface area contributed by atoms with Crippen LogP contribution in [0.1, 0.15) is 16.8 Å². The SMILES string of the molecule is Cc1ncc(COP(=O)(O)O)c(C=Nc2ccccc2-c2noc(-c3ccccc3O)n2)c1O. The van der Waals surface area contributed by atoms with Crippen molar-refractivity contribution in [3.8, 4) is 34.3 Å². The highest BCUT2D eigenvalue weighted by Crippen LogP contribution is 2.38. The predicted molar refractivity (Wildman–Crippen MR) is 122 cm³/mol. The van der Waals surface area contributed by atoms with Crippen LogP contribution in [-0.4, -0.2) is 41.3 Å². The summed E-state index contributed by atoms with van der Waals surface area (Å²) in [7, 11) is -4.73. The number of rotatable bonds is 7. The van der Waals surface area contributed by atoms with Crippen molar-refractivity contribution < 1.29 is 33.6 Å². The van der Waals surface area contributed by atoms with Gasteiger partial charge in [0.15, 0.2) is 0 Å². The van der Waals surface area contributed by atoms with Gasteiger partial charge in [-0.25, -0.2) is 4.57 Å². The summed E-state index contributed by atoms with van der Waals surface area (Å²) in [4.78, 5) is 30.8. The molecule has 0 aliphatic carbocycles. The van der Waals surface area contributed by atoms with Crippen LogP contribution in [0.5, 0.6) is 11.5 Å². The first-order valence-electron chi connectivity index (χ1n) is 9.86. The van der Waals surface area contributed by atoms with Gasteiger partial charge in [-0.1, -0.05) is 29.4 Å². The molecule has 2 heterocycles. The summed E-state index contributed by atoms with van der Waals surface area (Å²) >= 11 is 0. The Kier molecular flexibility index (Phi) is 6.53. The maximum Gasteiger partial charge on any atom is 0.469 e. The molecule has 0 amide bonds. The third-order valence-corrected chi connectivity index (χ3v) is 5.25. The number of phosphoric acid groups is 1. The number of phenols is 1. The second-order valence-corrected chi connectivity index (χ2v) is 8.35. The first-order chi connectivity index (χ1) is 16.2. The number of phenolic OH excluding ortho intramolecular Hbond substituents is 1. The molecule has 0 aliphatic rings. The molecule has 174 valence electrons. The Hall–Kier alpha value is -3.89. The highest BCUT2D eigenvalue weighted by Gasteiger charge is 2.18. The second-order valence-electron chi connectivity index (χ2n) is 7.11. The van der Waals surface area contributed by atoms with Gasteiger partial charge in [-0.2, -0.15) is 4.98 Å². The van der Waals surface area contributed by atoms with Gasteiger partial charge in [-0.3, -0.25) is 14.5 Å². The summed E-state index contributed by atoms with van der Waals surface area (Å²) in [5.74, 6) is 0.157. The zero-order valence-electron chi connectivity index (χ0n) is 17.7. The van der Waals surface area contributed by atoms with Crippen LogP contribution in [0.3, 0.4) is 0 Å². The number of phosphoric ester groups is 1. The number of benzene rings is 2. The van der Waals surface area contributed by atoms with E-state index >= 15 is 0 Å². The van der Waals surface area contributed by atoms with E-state index in [4.69, 9.17) is 14.3 Å². The lowest BCUT2D eigenvalue weighted by Crippen LogP contribution is -2.00. The van der Waals surface area contributed by atoms with Crippen molar-refractivity contribution in [3.05, 3.63) is 71.5 Å². The van der Waals surface area contributed by atoms with Gasteiger partial charge in [-0.15, -0.1) is 0 Å². The number of aryl methyl sites for hydroxylation is 1. The van der Waals surface area contributed by atoms with Crippen LogP contribution in [0, 0.1) is 6.92 Å². The first kappa shape index (κ1) is 23.3. The Balaban J connectivity index is 1.69. The van der Waals surface area contributed by atoms with Gasteiger partial charge in [0, 0.05) is 29.1 Å². The summed E-state index contributed by atoms with van der Waals surface area (Å²) in [6.45, 7) is 1.09. The van der Waals surface area contributed by atoms with Crippen molar-refractivity contribution in [1.29, 1.82) is 0 Å². The van der Waals surface area contributed by atoms with Gasteiger partial charge in [0.1, 0.15) is 11.5 Å². The molecule has 0 saturated carbocycles. The van der Waals surface area contributed by atoms with Crippen LogP contribution >= 0.6 is 7.82 Å². The number of para-hydroxylation sites is 2. The van der Waals surface area contributed by atoms with Crippen LogP contribution < -0.4 is 0 Å². The fourth-order valence-corrected chi connectivity index (χ4v) is 3.38. The molecular formula is C22H19N4O7P. The van der Waals surface area contributed by atoms with Crippen molar-refractivity contribution in [1.82, 2.24) is 15.1 Å². The van der Waals surface area contributed by atoms with Gasteiger partial charge < -0.3 is 24.5 Å². The van der Waals surface area contributed by atoms with Crippen molar-refractivity contribution in [2.45, 2.75) is 13.5 Å². The maximum absolute atomic E-state index is 11.1. The molecule has 2 aromatic carbocycles. The molecule has 11 nitrogen and oxygen atoms in total. The Bertz CT molecular complexity index is 1410. The molecule has 0 atom stereocenters. The number of hydrogen-bond donors (Lipinski definition) is 4. The highest BCUT2D eigenvalue weighted by atomic mass is 31.2. The molecule has 0 unspecified atom stereocenters. The van der Waals surface area contributed by atoms with E-state index in [1.165, 1.54) is 18.5 Å². The zero-order chi connectivity index (χ0) is 24.3. The van der Waals surface area contributed by atoms with Crippen LogP contribution in [0.15, 0.2) is 64.2 Å². The van der Waals surface area contributed by atoms with Gasteiger partial charge >= 0.3 is 7.82 Å². The molecule has 0 bridgehead atoms. The largest absolute Gasteiger partial charge is 0.507 e. The molecule has 12 heteroatoms. The number of aromatic hydroxyl groups is 2. The average molecular weight is 482 g/mol. The minimum absolute atomic E-state index is 0.00223. The second kappa shape index (κ2) is 9.54. The summed E-state index contributed by atoms with van der Waals surface area (Å²) in [6, 6.07) is 13.5. The third-order valence-electron chi connectivity index (χ3n) is 4.78. The average Bonchev–Trinajstić information content (AvgIpc) is 3.29. The topological polar surface area (TPSA) is 171 Å². The van der Waals surface area contributed by atoms with E-state index in [-0.39, 0.29) is 34.3 Å². The monoisotopic (exact) mass is 482 g/mol. The maximum atomic E-state index is 11.1. The van der Waals surface area contributed by atoms with Crippen LogP contribution in [-0.2, 0) is 15.7 Å². The van der Waals surface area contributed by atoms with E-state index < -0.39 is 14.4 Å². The summed E-state index contributed by atoms with van der Waals surface area (Å²) < 4.78 is 21.0. The predicted octanol–water partition coefficient (Wildman–Crippen LogP) is 3.88. The fourth-order valence-electron chi connectivity index (χ4n) is 3.07. The first-order valence-corrected chi connectivity index (χ1v) is 11.4. The molecule has 0 saturated heterocycles. The smallest absolute Gasteiger partial charge is 0.469 e. The quantitative estimate of drug-likeness (QED) is 0.224. The number of pyridine rings is 1. The summed E-state index contributed by atoms with van der Waals surface area (Å²) in [5, 5.41) is 24.5. The molecule has 0 fully saturated rings. The van der Waals surface area contributed by atoms with Gasteiger partial charge in [-0.05, 0) is 31.2 Å². The molecule has 34 heavy (non-hydrogen) atoms. The molecule has 0 radical (unpaired) electrons. The highest BCUT2D eigenvalue weighted by molar-refractivity contribution is 7.46. The fraction of sp³-hybridized carbons (Fsp3) is 0.0909. The van der Waals surface area contributed by atoms with E-state index in [2.05, 4.69) is 24.6 Å². The van der Waals surface area contributed by atoms with Gasteiger partial charge in [0.05, 0.1) is 23.6 Å². The van der Waals surface area contributed by atoms with Crippen molar-refractivity contribution in [2.75, 3.05) is 0 Å². The van der Waals surface area contributed by atoms with E-state index in [1.807, 2.05) is 0 Å². The molecule has 4 rings (SSSR count). The number of hydrogen-bond acceptors (Lipinski definition) is 9. The molecule has 0 spiro atoms. The lowest BCUT2D eigenvalue weighted by molar-refractivity contribution is 0.188. The molecule has 2 aromatic heterocycles. The lowest BCUT2D eigenvalue weighted by Gasteiger charge is -2.10. The van der Waals surface area contributed by atoms with Gasteiger partial charge in [0.2, 0.25) is 5.82 Å². The standard InChI is InChI=1S/C22H19N4O7P/c1-13-20(28)17(14(10-23-13)12-32-34(29,30)31)11-24-18-8-4-2-6-15(18)21-25-22(33-26-21)16-7-3-5-9-19(16)27/h2-11,27-28H,12H2,1H3,(H2,29,30,31). The number of aromatic nitrogens is 3. The molecule has 0 aliphatic heterocycles. The van der Waals surface area contributed by atoms with Crippen LogP contribution in [0.2, 0.25) is 0 Å². The summed E-state index contributed by atoms with van der Waals surface area (Å²) in [6.07, 6.45) is 2.68. The summed E-state index contributed by atoms with van der Waals surface area (Å²) in [5.41, 5.74) is 2.06. The molecule has 4 N–H and O–H groups in total. The Morgan fingerprint density at radius 2 is 1.79 bits per heavy atom. The molecular weight excluding hydrogens is 463 g/mol. The van der Waals surface area contributed by atoms with E-state index in [0.29, 0.717) is 22.5 Å². The Morgan fingerprint density at radius 1 is 1.09 bits per heavy atom. The normalized spacial score (nSPS) is 11.9. The van der Waals surface area contributed by atoms with Crippen LogP contribution in [0.25, 0.3) is 22.8 Å². The van der Waals surface area contributed by atoms with Gasteiger partial charge in [0.25, 0.3) is 5.89 Å². The third kappa shape index (κ3) is 5.19. The Morgan fingerprint density at radius 3 is 2.53 bits per heavy atom. The van der Waals surface area contributed by atoms with Crippen molar-refractivity contribution in [2.24, 2.45) is 4.99 Å². The number of aliphatic imine (C=N–C) groups is 1. The van der Waals surface area contributed by atoms with Crippen molar-refractivity contribution in [3.63, 3.8) is 0 Å². The minimum Gasteiger partial charge on any atom is -0.507 e. The van der Waals surface area contributed by atoms with E-state index in [1.54, 1.807) is 49.4 Å². The number of nitrogens with zero attached hydrogens (tertiary/aromatic N) is 4. The van der Waals surface area contributed by atoms with Crippen LogP contribution in [0.4, 0.5) is 5.69 Å². The zero-order valence-corrected chi connectivity index (χ0v) is 18.6. The molecule has 4 aromatic rings. The lowest BCUT2D eigenvalue weighted by atomic mass is 10.1. The Labute approximate surface area is 193 Å². The van der Waals surface area contributed by atoms with E-state index in [9.17, 15) is 14.8 Å².